The number of aromatic amines is 1. The van der Waals surface area contributed by atoms with Gasteiger partial charge in [0, 0.05) is 55.5 Å². The van der Waals surface area contributed by atoms with Gasteiger partial charge in [-0.25, -0.2) is 4.39 Å². The average molecular weight is 770 g/mol. The Hall–Kier alpha value is -4.46. The smallest absolute Gasteiger partial charge is 0.418 e. The summed E-state index contributed by atoms with van der Waals surface area (Å²) in [5, 5.41) is 14.4. The number of fused-ring (bicyclic) bond motifs is 3. The first-order chi connectivity index (χ1) is 25.6. The van der Waals surface area contributed by atoms with Crippen molar-refractivity contribution in [1.82, 2.24) is 25.8 Å². The molecule has 2 aromatic carbocycles. The number of nitrogens with zero attached hydrogens (tertiary/aromatic N) is 2. The second-order valence-corrected chi connectivity index (χ2v) is 15.1. The van der Waals surface area contributed by atoms with Gasteiger partial charge in [0.2, 0.25) is 17.7 Å². The number of Topliss-reactive ketones (excluding diaryl/α,β-unsaturated/α-hetero) is 2. The molecule has 5 atom stereocenters. The predicted molar refractivity (Wildman–Crippen MR) is 200 cm³/mol. The number of hydrogen-bond donors (Lipinski definition) is 3. The van der Waals surface area contributed by atoms with Crippen LogP contribution in [0, 0.1) is 36.4 Å². The Morgan fingerprint density at radius 3 is 2.35 bits per heavy atom. The fourth-order valence-electron chi connectivity index (χ4n) is 7.39. The summed E-state index contributed by atoms with van der Waals surface area (Å²) in [5.74, 6) is -2.57. The van der Waals surface area contributed by atoms with Crippen LogP contribution in [0.3, 0.4) is 0 Å². The van der Waals surface area contributed by atoms with Crippen LogP contribution in [0.1, 0.15) is 94.0 Å². The van der Waals surface area contributed by atoms with E-state index in [2.05, 4.69) is 25.8 Å². The van der Waals surface area contributed by atoms with Crippen LogP contribution in [0.25, 0.3) is 10.9 Å². The number of carbonyl (C=O) groups excluding carboxylic acids is 3. The molecule has 2 unspecified atom stereocenters. The maximum Gasteiger partial charge on any atom is 0.418 e. The number of thiocarbonyl (C=S) groups is 1. The summed E-state index contributed by atoms with van der Waals surface area (Å²) >= 11 is 5.81. The maximum absolute atomic E-state index is 14.9. The number of alkyl halides is 3. The molecule has 5 rings (SSSR count). The molecule has 0 spiro atoms. The molecule has 0 fully saturated rings. The van der Waals surface area contributed by atoms with E-state index >= 15 is 0 Å². The van der Waals surface area contributed by atoms with Gasteiger partial charge in [0.05, 0.1) is 22.6 Å². The van der Waals surface area contributed by atoms with Crippen molar-refractivity contribution in [2.75, 3.05) is 0 Å². The van der Waals surface area contributed by atoms with Crippen LogP contribution < -0.4 is 10.6 Å². The van der Waals surface area contributed by atoms with Gasteiger partial charge >= 0.3 is 6.18 Å². The minimum Gasteiger partial charge on any atom is -0.424 e. The number of aromatic nitrogens is 3. The standard InChI is InChI=1S/C40H47F4N5O4S/c1-6-22(3)28(18-26(50)17-25-11-8-9-14-32(25)41)37(52)47-39(16-15-33-30(20-39)27-12-10-13-31(36(27)46-33)40(42,43)44)34(51)19-29(23(4)7-2)38(54)45-21-35-49-48-24(5)53-35/h8-14,22-23,28-29,46H,6-7,15-21H2,1-5H3,(H,45,54)(H,47,52)/t22?,23?,28-,29-,39+/m0/s1. The molecule has 3 N–H and O–H groups in total. The highest BCUT2D eigenvalue weighted by Crippen LogP contribution is 2.41. The van der Waals surface area contributed by atoms with Gasteiger partial charge in [0.15, 0.2) is 5.78 Å². The summed E-state index contributed by atoms with van der Waals surface area (Å²) in [6.07, 6.45) is -3.55. The summed E-state index contributed by atoms with van der Waals surface area (Å²) in [7, 11) is 0. The highest BCUT2D eigenvalue weighted by Gasteiger charge is 2.46. The van der Waals surface area contributed by atoms with Crippen molar-refractivity contribution in [3.8, 4) is 0 Å². The van der Waals surface area contributed by atoms with Gasteiger partial charge in [-0.15, -0.1) is 10.2 Å². The van der Waals surface area contributed by atoms with Crippen molar-refractivity contribution < 1.29 is 36.4 Å². The number of benzene rings is 2. The van der Waals surface area contributed by atoms with Crippen molar-refractivity contribution in [3.63, 3.8) is 0 Å². The second kappa shape index (κ2) is 16.9. The lowest BCUT2D eigenvalue weighted by atomic mass is 9.72. The van der Waals surface area contributed by atoms with Gasteiger partial charge in [-0.05, 0) is 47.9 Å². The lowest BCUT2D eigenvalue weighted by Crippen LogP contribution is -2.60. The number of ketones is 2. The number of halogens is 4. The van der Waals surface area contributed by atoms with E-state index in [1.54, 1.807) is 19.1 Å². The first kappa shape index (κ1) is 40.7. The number of rotatable bonds is 16. The average Bonchev–Trinajstić information content (AvgIpc) is 3.73. The number of carbonyl (C=O) groups is 3. The molecule has 9 nitrogen and oxygen atoms in total. The van der Waals surface area contributed by atoms with Gasteiger partial charge in [-0.2, -0.15) is 13.2 Å². The van der Waals surface area contributed by atoms with Crippen molar-refractivity contribution in [1.29, 1.82) is 0 Å². The highest BCUT2D eigenvalue weighted by atomic mass is 32.1. The Morgan fingerprint density at radius 1 is 1.00 bits per heavy atom. The Balaban J connectivity index is 1.49. The van der Waals surface area contributed by atoms with Crippen LogP contribution in [0.4, 0.5) is 17.6 Å². The minimum atomic E-state index is -4.61. The predicted octanol–water partition coefficient (Wildman–Crippen LogP) is 7.96. The Morgan fingerprint density at radius 2 is 1.70 bits per heavy atom. The van der Waals surface area contributed by atoms with E-state index in [0.29, 0.717) is 46.3 Å². The van der Waals surface area contributed by atoms with E-state index in [9.17, 15) is 31.9 Å². The molecule has 4 aromatic rings. The Kier molecular flexibility index (Phi) is 12.8. The molecule has 0 saturated heterocycles. The molecular formula is C40H47F4N5O4S. The van der Waals surface area contributed by atoms with E-state index in [4.69, 9.17) is 16.6 Å². The number of amides is 1. The lowest BCUT2D eigenvalue weighted by molar-refractivity contribution is -0.137. The molecule has 0 aliphatic heterocycles. The van der Waals surface area contributed by atoms with E-state index in [-0.39, 0.29) is 79.6 Å². The zero-order valence-electron chi connectivity index (χ0n) is 31.2. The van der Waals surface area contributed by atoms with E-state index in [1.165, 1.54) is 24.3 Å². The first-order valence-electron chi connectivity index (χ1n) is 18.4. The van der Waals surface area contributed by atoms with Gasteiger partial charge in [0.25, 0.3) is 0 Å². The molecule has 290 valence electrons. The van der Waals surface area contributed by atoms with Crippen LogP contribution in [0.5, 0.6) is 0 Å². The van der Waals surface area contributed by atoms with E-state index in [1.807, 2.05) is 27.7 Å². The van der Waals surface area contributed by atoms with Gasteiger partial charge in [0.1, 0.15) is 17.1 Å². The molecule has 0 bridgehead atoms. The van der Waals surface area contributed by atoms with Crippen molar-refractivity contribution in [3.05, 3.63) is 82.4 Å². The molecule has 0 radical (unpaired) electrons. The number of para-hydroxylation sites is 1. The molecule has 1 aliphatic rings. The van der Waals surface area contributed by atoms with Crippen LogP contribution in [0.2, 0.25) is 0 Å². The normalized spacial score (nSPS) is 18.0. The summed E-state index contributed by atoms with van der Waals surface area (Å²) < 4.78 is 62.2. The number of nitrogens with one attached hydrogen (secondary N) is 3. The fourth-order valence-corrected chi connectivity index (χ4v) is 7.78. The summed E-state index contributed by atoms with van der Waals surface area (Å²) in [4.78, 5) is 46.0. The largest absolute Gasteiger partial charge is 0.424 e. The topological polar surface area (TPSA) is 130 Å². The lowest BCUT2D eigenvalue weighted by Gasteiger charge is -2.40. The van der Waals surface area contributed by atoms with Crippen LogP contribution in [-0.2, 0) is 46.4 Å². The highest BCUT2D eigenvalue weighted by molar-refractivity contribution is 7.80. The number of hydrogen-bond acceptors (Lipinski definition) is 7. The minimum absolute atomic E-state index is 0.0563. The summed E-state index contributed by atoms with van der Waals surface area (Å²) in [6.45, 7) is 9.52. The van der Waals surface area contributed by atoms with Gasteiger partial charge < -0.3 is 20.0 Å². The Labute approximate surface area is 317 Å². The number of H-pyrrole nitrogens is 1. The molecule has 0 saturated carbocycles. The third-order valence-corrected chi connectivity index (χ3v) is 11.5. The first-order valence-corrected chi connectivity index (χ1v) is 18.8. The Bertz CT molecular complexity index is 2010. The molecule has 1 aliphatic carbocycles. The van der Waals surface area contributed by atoms with E-state index in [0.717, 1.165) is 6.07 Å². The van der Waals surface area contributed by atoms with Crippen LogP contribution in [0.15, 0.2) is 46.9 Å². The van der Waals surface area contributed by atoms with Crippen LogP contribution in [-0.4, -0.2) is 43.2 Å². The van der Waals surface area contributed by atoms with Crippen LogP contribution >= 0.6 is 12.2 Å². The summed E-state index contributed by atoms with van der Waals surface area (Å²) in [5.41, 5.74) is -1.07. The number of aryl methyl sites for hydroxylation is 2. The van der Waals surface area contributed by atoms with Crippen molar-refractivity contribution >= 4 is 45.6 Å². The fraction of sp³-hybridized carbons (Fsp3) is 0.500. The molecule has 54 heavy (non-hydrogen) atoms. The molecule has 2 aromatic heterocycles. The molecule has 2 heterocycles. The third-order valence-electron chi connectivity index (χ3n) is 11.0. The zero-order valence-corrected chi connectivity index (χ0v) is 32.0. The second-order valence-electron chi connectivity index (χ2n) is 14.6. The van der Waals surface area contributed by atoms with Gasteiger partial charge in [-0.3, -0.25) is 14.4 Å². The van der Waals surface area contributed by atoms with Gasteiger partial charge in [-0.1, -0.05) is 83.1 Å². The maximum atomic E-state index is 14.9. The quantitative estimate of drug-likeness (QED) is 0.0774. The third kappa shape index (κ3) is 9.07. The monoisotopic (exact) mass is 769 g/mol. The van der Waals surface area contributed by atoms with Crippen molar-refractivity contribution in [2.45, 2.75) is 104 Å². The molecule has 14 heteroatoms. The summed E-state index contributed by atoms with van der Waals surface area (Å²) in [6, 6.07) is 9.91. The van der Waals surface area contributed by atoms with E-state index < -0.39 is 40.8 Å². The SMILES string of the molecule is CCC(C)[C@H](CC(=O)Cc1ccccc1F)C(=O)N[C@]1(C(=O)C[C@H](C(=S)NCc2nnc(C)o2)C(C)CC)CCc2[nH]c3c(C(F)(F)F)cccc3c2C1. The molecule has 1 amide bonds. The zero-order chi connectivity index (χ0) is 39.4. The van der Waals surface area contributed by atoms with Crippen molar-refractivity contribution in [2.24, 2.45) is 23.7 Å². The molecular weight excluding hydrogens is 723 g/mol.